The van der Waals surface area contributed by atoms with Gasteiger partial charge in [-0.2, -0.15) is 4.68 Å². The van der Waals surface area contributed by atoms with E-state index in [0.717, 1.165) is 49.6 Å². The molecule has 0 N–H and O–H groups in total. The second kappa shape index (κ2) is 8.86. The predicted molar refractivity (Wildman–Crippen MR) is 108 cm³/mol. The smallest absolute Gasteiger partial charge is 0.156 e. The minimum absolute atomic E-state index is 0.700. The normalized spacial score (nSPS) is 10.9. The van der Waals surface area contributed by atoms with Crippen molar-refractivity contribution in [2.24, 2.45) is 0 Å². The average molecular weight is 369 g/mol. The molecule has 0 unspecified atom stereocenters. The van der Waals surface area contributed by atoms with Gasteiger partial charge in [-0.1, -0.05) is 67.1 Å². The van der Waals surface area contributed by atoms with Crippen LogP contribution in [0.1, 0.15) is 37.9 Å². The molecular weight excluding hydrogens is 344 g/mol. The summed E-state index contributed by atoms with van der Waals surface area (Å²) in [6, 6.07) is 18.2. The van der Waals surface area contributed by atoms with Crippen molar-refractivity contribution < 1.29 is 0 Å². The van der Waals surface area contributed by atoms with Crippen LogP contribution in [0.3, 0.4) is 0 Å². The van der Waals surface area contributed by atoms with E-state index in [0.29, 0.717) is 5.02 Å². The van der Waals surface area contributed by atoms with E-state index in [9.17, 15) is 0 Å². The van der Waals surface area contributed by atoms with Crippen molar-refractivity contribution in [3.63, 3.8) is 0 Å². The summed E-state index contributed by atoms with van der Waals surface area (Å²) in [5, 5.41) is 9.71. The number of hydrogen-bond donors (Lipinski definition) is 0. The third kappa shape index (κ3) is 4.25. The molecule has 136 valence electrons. The predicted octanol–water partition coefficient (Wildman–Crippen LogP) is 5.14. The van der Waals surface area contributed by atoms with Crippen molar-refractivity contribution >= 4 is 17.4 Å². The second-order valence-corrected chi connectivity index (χ2v) is 6.84. The topological polar surface area (TPSA) is 34.0 Å². The van der Waals surface area contributed by atoms with Crippen LogP contribution in [0.2, 0.25) is 5.02 Å². The van der Waals surface area contributed by atoms with Crippen molar-refractivity contribution in [3.8, 4) is 5.69 Å². The Morgan fingerprint density at radius 2 is 1.69 bits per heavy atom. The van der Waals surface area contributed by atoms with Gasteiger partial charge in [0.05, 0.1) is 5.69 Å². The molecule has 0 bridgehead atoms. The number of halogens is 1. The van der Waals surface area contributed by atoms with Gasteiger partial charge in [-0.3, -0.25) is 0 Å². The maximum absolute atomic E-state index is 6.21. The quantitative estimate of drug-likeness (QED) is 0.552. The highest BCUT2D eigenvalue weighted by atomic mass is 35.5. The number of nitrogens with zero attached hydrogens (tertiary/aromatic N) is 4. The summed E-state index contributed by atoms with van der Waals surface area (Å²) in [6.45, 7) is 6.35. The second-order valence-electron chi connectivity index (χ2n) is 6.40. The lowest BCUT2D eigenvalue weighted by Gasteiger charge is -2.25. The first-order valence-corrected chi connectivity index (χ1v) is 9.60. The van der Waals surface area contributed by atoms with Crippen LogP contribution < -0.4 is 4.90 Å². The van der Waals surface area contributed by atoms with E-state index in [-0.39, 0.29) is 0 Å². The van der Waals surface area contributed by atoms with Gasteiger partial charge in [0, 0.05) is 24.5 Å². The molecule has 1 aromatic heterocycles. The first-order chi connectivity index (χ1) is 12.7. The molecule has 4 nitrogen and oxygen atoms in total. The van der Waals surface area contributed by atoms with E-state index >= 15 is 0 Å². The summed E-state index contributed by atoms with van der Waals surface area (Å²) in [6.07, 6.45) is 2.91. The van der Waals surface area contributed by atoms with Crippen LogP contribution in [0, 0.1) is 0 Å². The van der Waals surface area contributed by atoms with E-state index < -0.39 is 0 Å². The van der Waals surface area contributed by atoms with Crippen molar-refractivity contribution in [2.75, 3.05) is 18.0 Å². The van der Waals surface area contributed by atoms with Crippen LogP contribution in [0.15, 0.2) is 54.6 Å². The standard InChI is InChI=1S/C21H25ClN4/c1-3-13-25(14-4-2)21-20(15-17-9-6-5-7-10-17)23-24-26(21)19-12-8-11-18(22)16-19/h5-12,16H,3-4,13-15H2,1-2H3. The Bertz CT molecular complexity index is 823. The van der Waals surface area contributed by atoms with Gasteiger partial charge in [-0.15, -0.1) is 5.10 Å². The van der Waals surface area contributed by atoms with E-state index in [2.05, 4.69) is 53.3 Å². The van der Waals surface area contributed by atoms with Gasteiger partial charge in [-0.05, 0) is 36.6 Å². The summed E-state index contributed by atoms with van der Waals surface area (Å²) in [4.78, 5) is 2.39. The Hall–Kier alpha value is -2.33. The van der Waals surface area contributed by atoms with Gasteiger partial charge < -0.3 is 4.90 Å². The fourth-order valence-corrected chi connectivity index (χ4v) is 3.36. The van der Waals surface area contributed by atoms with Gasteiger partial charge in [-0.25, -0.2) is 0 Å². The Morgan fingerprint density at radius 3 is 2.35 bits per heavy atom. The zero-order valence-electron chi connectivity index (χ0n) is 15.4. The van der Waals surface area contributed by atoms with Gasteiger partial charge in [0.15, 0.2) is 5.82 Å². The molecule has 1 heterocycles. The Morgan fingerprint density at radius 1 is 0.962 bits per heavy atom. The van der Waals surface area contributed by atoms with Gasteiger partial charge >= 0.3 is 0 Å². The average Bonchev–Trinajstić information content (AvgIpc) is 3.06. The molecule has 0 amide bonds. The van der Waals surface area contributed by atoms with E-state index in [1.807, 2.05) is 35.0 Å². The van der Waals surface area contributed by atoms with Gasteiger partial charge in [0.2, 0.25) is 0 Å². The molecule has 2 aromatic carbocycles. The summed E-state index contributed by atoms with van der Waals surface area (Å²) < 4.78 is 1.93. The molecule has 0 radical (unpaired) electrons. The van der Waals surface area contributed by atoms with E-state index in [1.165, 1.54) is 5.56 Å². The maximum Gasteiger partial charge on any atom is 0.156 e. The summed E-state index contributed by atoms with van der Waals surface area (Å²) >= 11 is 6.21. The molecule has 0 spiro atoms. The van der Waals surface area contributed by atoms with E-state index in [4.69, 9.17) is 11.6 Å². The van der Waals surface area contributed by atoms with Gasteiger partial charge in [0.25, 0.3) is 0 Å². The molecule has 26 heavy (non-hydrogen) atoms. The number of rotatable bonds is 8. The summed E-state index contributed by atoms with van der Waals surface area (Å²) in [5.74, 6) is 1.07. The number of hydrogen-bond acceptors (Lipinski definition) is 3. The molecule has 0 aliphatic heterocycles. The molecule has 0 atom stereocenters. The minimum atomic E-state index is 0.700. The summed E-state index contributed by atoms with van der Waals surface area (Å²) in [5.41, 5.74) is 3.18. The van der Waals surface area contributed by atoms with Crippen molar-refractivity contribution in [3.05, 3.63) is 70.9 Å². The van der Waals surface area contributed by atoms with Crippen LogP contribution in [-0.2, 0) is 6.42 Å². The SMILES string of the molecule is CCCN(CCC)c1c(Cc2ccccc2)nnn1-c1cccc(Cl)c1. The molecule has 0 fully saturated rings. The number of anilines is 1. The Balaban J connectivity index is 2.06. The molecule has 3 aromatic rings. The van der Waals surface area contributed by atoms with Crippen LogP contribution in [0.5, 0.6) is 0 Å². The monoisotopic (exact) mass is 368 g/mol. The first kappa shape index (κ1) is 18.5. The highest BCUT2D eigenvalue weighted by Gasteiger charge is 2.20. The lowest BCUT2D eigenvalue weighted by atomic mass is 10.1. The minimum Gasteiger partial charge on any atom is -0.355 e. The zero-order valence-corrected chi connectivity index (χ0v) is 16.2. The number of benzene rings is 2. The maximum atomic E-state index is 6.21. The number of aromatic nitrogens is 3. The zero-order chi connectivity index (χ0) is 18.4. The fraction of sp³-hybridized carbons (Fsp3) is 0.333. The summed E-state index contributed by atoms with van der Waals surface area (Å²) in [7, 11) is 0. The largest absolute Gasteiger partial charge is 0.355 e. The molecule has 0 saturated carbocycles. The third-order valence-corrected chi connectivity index (χ3v) is 4.50. The lowest BCUT2D eigenvalue weighted by Crippen LogP contribution is -2.28. The molecular formula is C21H25ClN4. The molecule has 3 rings (SSSR count). The highest BCUT2D eigenvalue weighted by molar-refractivity contribution is 6.30. The van der Waals surface area contributed by atoms with Crippen molar-refractivity contribution in [1.29, 1.82) is 0 Å². The van der Waals surface area contributed by atoms with Crippen LogP contribution in [-0.4, -0.2) is 28.1 Å². The third-order valence-electron chi connectivity index (χ3n) is 4.27. The molecule has 5 heteroatoms. The Labute approximate surface area is 160 Å². The van der Waals surface area contributed by atoms with Crippen molar-refractivity contribution in [1.82, 2.24) is 15.0 Å². The molecule has 0 aliphatic rings. The highest BCUT2D eigenvalue weighted by Crippen LogP contribution is 2.26. The fourth-order valence-electron chi connectivity index (χ4n) is 3.17. The molecule has 0 saturated heterocycles. The lowest BCUT2D eigenvalue weighted by molar-refractivity contribution is 0.704. The van der Waals surface area contributed by atoms with Gasteiger partial charge in [0.1, 0.15) is 5.69 Å². The Kier molecular flexibility index (Phi) is 6.29. The van der Waals surface area contributed by atoms with Crippen LogP contribution in [0.4, 0.5) is 5.82 Å². The first-order valence-electron chi connectivity index (χ1n) is 9.22. The van der Waals surface area contributed by atoms with Crippen LogP contribution in [0.25, 0.3) is 5.69 Å². The van der Waals surface area contributed by atoms with Crippen LogP contribution >= 0.6 is 11.6 Å². The van der Waals surface area contributed by atoms with Crippen molar-refractivity contribution in [2.45, 2.75) is 33.1 Å². The van der Waals surface area contributed by atoms with E-state index in [1.54, 1.807) is 0 Å². The molecule has 0 aliphatic carbocycles.